The van der Waals surface area contributed by atoms with Gasteiger partial charge in [0.25, 0.3) is 0 Å². The highest BCUT2D eigenvalue weighted by atomic mass is 16.3. The van der Waals surface area contributed by atoms with Gasteiger partial charge in [-0.1, -0.05) is 12.5 Å². The van der Waals surface area contributed by atoms with Gasteiger partial charge in [-0.3, -0.25) is 0 Å². The first-order valence-electron chi connectivity index (χ1n) is 6.16. The molecule has 0 aromatic heterocycles. The number of phenols is 2. The van der Waals surface area contributed by atoms with Crippen LogP contribution in [0.4, 0.5) is 0 Å². The van der Waals surface area contributed by atoms with Crippen molar-refractivity contribution in [2.75, 3.05) is 0 Å². The summed E-state index contributed by atoms with van der Waals surface area (Å²) in [5.41, 5.74) is 2.25. The molecular weight excluding hydrogens is 228 g/mol. The molecule has 1 aromatic rings. The fourth-order valence-electron chi connectivity index (χ4n) is 2.11. The maximum atomic E-state index is 9.87. The second kappa shape index (κ2) is 5.91. The summed E-state index contributed by atoms with van der Waals surface area (Å²) < 4.78 is 0. The van der Waals surface area contributed by atoms with Gasteiger partial charge in [-0.2, -0.15) is 0 Å². The van der Waals surface area contributed by atoms with E-state index in [2.05, 4.69) is 6.58 Å². The van der Waals surface area contributed by atoms with Crippen LogP contribution in [0.5, 0.6) is 11.5 Å². The number of hydrogen-bond donors (Lipinski definition) is 3. The molecule has 0 aliphatic rings. The van der Waals surface area contributed by atoms with Crippen molar-refractivity contribution < 1.29 is 15.3 Å². The fraction of sp³-hybridized carbons (Fsp3) is 0.467. The lowest BCUT2D eigenvalue weighted by atomic mass is 9.91. The topological polar surface area (TPSA) is 60.7 Å². The minimum atomic E-state index is -0.472. The van der Waals surface area contributed by atoms with Crippen molar-refractivity contribution in [3.8, 4) is 11.5 Å². The molecule has 1 rings (SSSR count). The van der Waals surface area contributed by atoms with Crippen LogP contribution in [-0.2, 0) is 0 Å². The molecular formula is C15H22O3. The van der Waals surface area contributed by atoms with E-state index in [-0.39, 0.29) is 17.4 Å². The van der Waals surface area contributed by atoms with Crippen LogP contribution in [0, 0.1) is 6.92 Å². The predicted molar refractivity (Wildman–Crippen MR) is 73.0 cm³/mol. The SMILES string of the molecule is C=C(C)C[C@@H](O)C[C@@H](C)c1cc(O)c(C)cc1O. The maximum absolute atomic E-state index is 9.87. The third kappa shape index (κ3) is 3.77. The van der Waals surface area contributed by atoms with Gasteiger partial charge >= 0.3 is 0 Å². The van der Waals surface area contributed by atoms with Crippen molar-refractivity contribution in [2.24, 2.45) is 0 Å². The van der Waals surface area contributed by atoms with Gasteiger partial charge in [0.05, 0.1) is 6.10 Å². The zero-order chi connectivity index (χ0) is 13.9. The average Bonchev–Trinajstić information content (AvgIpc) is 2.21. The molecule has 0 spiro atoms. The summed E-state index contributed by atoms with van der Waals surface area (Å²) in [6.45, 7) is 9.30. The molecule has 100 valence electrons. The first-order valence-corrected chi connectivity index (χ1v) is 6.16. The van der Waals surface area contributed by atoms with Gasteiger partial charge in [-0.05, 0) is 50.3 Å². The van der Waals surface area contributed by atoms with Crippen LogP contribution in [0.1, 0.15) is 43.7 Å². The van der Waals surface area contributed by atoms with Crippen LogP contribution >= 0.6 is 0 Å². The molecule has 3 heteroatoms. The normalized spacial score (nSPS) is 14.2. The van der Waals surface area contributed by atoms with E-state index in [1.54, 1.807) is 19.1 Å². The average molecular weight is 250 g/mol. The third-order valence-electron chi connectivity index (χ3n) is 3.09. The van der Waals surface area contributed by atoms with Crippen molar-refractivity contribution in [3.63, 3.8) is 0 Å². The van der Waals surface area contributed by atoms with Crippen LogP contribution in [0.25, 0.3) is 0 Å². The Balaban J connectivity index is 2.81. The lowest BCUT2D eigenvalue weighted by Gasteiger charge is -2.18. The molecule has 0 saturated heterocycles. The number of phenolic OH excluding ortho intramolecular Hbond substituents is 2. The van der Waals surface area contributed by atoms with Gasteiger partial charge in [0.2, 0.25) is 0 Å². The number of aliphatic hydroxyl groups is 1. The summed E-state index contributed by atoms with van der Waals surface area (Å²) in [6.07, 6.45) is 0.617. The molecule has 0 fully saturated rings. The van der Waals surface area contributed by atoms with E-state index in [1.165, 1.54) is 0 Å². The third-order valence-corrected chi connectivity index (χ3v) is 3.09. The highest BCUT2D eigenvalue weighted by molar-refractivity contribution is 5.45. The molecule has 0 saturated carbocycles. The molecule has 2 atom stereocenters. The van der Waals surface area contributed by atoms with Gasteiger partial charge in [-0.25, -0.2) is 0 Å². The predicted octanol–water partition coefficient (Wildman–Crippen LogP) is 3.23. The Morgan fingerprint density at radius 3 is 2.44 bits per heavy atom. The highest BCUT2D eigenvalue weighted by Gasteiger charge is 2.16. The standard InChI is InChI=1S/C15H22O3/c1-9(2)5-12(16)6-10(3)13-8-14(17)11(4)7-15(13)18/h7-8,10,12,16-18H,1,5-6H2,2-4H3/t10-,12-/m1/s1. The Morgan fingerprint density at radius 2 is 1.89 bits per heavy atom. The molecule has 3 nitrogen and oxygen atoms in total. The molecule has 0 radical (unpaired) electrons. The Bertz CT molecular complexity index is 438. The quantitative estimate of drug-likeness (QED) is 0.555. The number of aromatic hydroxyl groups is 2. The lowest BCUT2D eigenvalue weighted by Crippen LogP contribution is -2.11. The zero-order valence-electron chi connectivity index (χ0n) is 11.3. The molecule has 0 bridgehead atoms. The Kier molecular flexibility index (Phi) is 4.79. The van der Waals surface area contributed by atoms with Gasteiger partial charge in [0.15, 0.2) is 0 Å². The van der Waals surface area contributed by atoms with Gasteiger partial charge < -0.3 is 15.3 Å². The van der Waals surface area contributed by atoms with Crippen molar-refractivity contribution in [1.29, 1.82) is 0 Å². The fourth-order valence-corrected chi connectivity index (χ4v) is 2.11. The minimum Gasteiger partial charge on any atom is -0.508 e. The van der Waals surface area contributed by atoms with Crippen LogP contribution in [0.2, 0.25) is 0 Å². The van der Waals surface area contributed by atoms with E-state index in [4.69, 9.17) is 0 Å². The summed E-state index contributed by atoms with van der Waals surface area (Å²) in [5, 5.41) is 29.4. The molecule has 0 unspecified atom stereocenters. The number of aryl methyl sites for hydroxylation is 1. The van der Waals surface area contributed by atoms with E-state index in [0.717, 1.165) is 5.57 Å². The summed E-state index contributed by atoms with van der Waals surface area (Å²) in [5.74, 6) is 0.315. The number of hydrogen-bond acceptors (Lipinski definition) is 3. The van der Waals surface area contributed by atoms with E-state index < -0.39 is 6.10 Å². The lowest BCUT2D eigenvalue weighted by molar-refractivity contribution is 0.157. The molecule has 0 aliphatic carbocycles. The summed E-state index contributed by atoms with van der Waals surface area (Å²) >= 11 is 0. The van der Waals surface area contributed by atoms with Crippen LogP contribution in [0.3, 0.4) is 0 Å². The number of benzene rings is 1. The van der Waals surface area contributed by atoms with Gasteiger partial charge in [-0.15, -0.1) is 6.58 Å². The largest absolute Gasteiger partial charge is 0.508 e. The highest BCUT2D eigenvalue weighted by Crippen LogP contribution is 2.34. The molecule has 3 N–H and O–H groups in total. The minimum absolute atomic E-state index is 0.0224. The van der Waals surface area contributed by atoms with E-state index >= 15 is 0 Å². The first kappa shape index (κ1) is 14.6. The van der Waals surface area contributed by atoms with Crippen molar-refractivity contribution in [3.05, 3.63) is 35.4 Å². The Morgan fingerprint density at radius 1 is 1.28 bits per heavy atom. The van der Waals surface area contributed by atoms with E-state index in [9.17, 15) is 15.3 Å². The van der Waals surface area contributed by atoms with E-state index in [1.807, 2.05) is 13.8 Å². The summed E-state index contributed by atoms with van der Waals surface area (Å²) in [4.78, 5) is 0. The van der Waals surface area contributed by atoms with Crippen LogP contribution in [-0.4, -0.2) is 21.4 Å². The smallest absolute Gasteiger partial charge is 0.119 e. The number of aliphatic hydroxyl groups excluding tert-OH is 1. The summed E-state index contributed by atoms with van der Waals surface area (Å²) in [6, 6.07) is 3.12. The van der Waals surface area contributed by atoms with Gasteiger partial charge in [0, 0.05) is 5.56 Å². The first-order chi connectivity index (χ1) is 8.31. The summed E-state index contributed by atoms with van der Waals surface area (Å²) in [7, 11) is 0. The second-order valence-electron chi connectivity index (χ2n) is 5.15. The number of rotatable bonds is 5. The Hall–Kier alpha value is -1.48. The second-order valence-corrected chi connectivity index (χ2v) is 5.15. The van der Waals surface area contributed by atoms with Crippen LogP contribution in [0.15, 0.2) is 24.3 Å². The van der Waals surface area contributed by atoms with Gasteiger partial charge in [0.1, 0.15) is 11.5 Å². The molecule has 1 aromatic carbocycles. The van der Waals surface area contributed by atoms with Crippen molar-refractivity contribution in [2.45, 2.75) is 45.6 Å². The maximum Gasteiger partial charge on any atom is 0.119 e. The van der Waals surface area contributed by atoms with Crippen molar-refractivity contribution in [1.82, 2.24) is 0 Å². The monoisotopic (exact) mass is 250 g/mol. The molecule has 0 heterocycles. The van der Waals surface area contributed by atoms with E-state index in [0.29, 0.717) is 24.0 Å². The Labute approximate surface area is 108 Å². The van der Waals surface area contributed by atoms with Crippen LogP contribution < -0.4 is 0 Å². The molecule has 0 amide bonds. The molecule has 0 aliphatic heterocycles. The van der Waals surface area contributed by atoms with Crippen molar-refractivity contribution >= 4 is 0 Å². The molecule has 18 heavy (non-hydrogen) atoms. The zero-order valence-corrected chi connectivity index (χ0v) is 11.3.